The molecule has 0 spiro atoms. The quantitative estimate of drug-likeness (QED) is 0.578. The lowest BCUT2D eigenvalue weighted by Gasteiger charge is -2.15. The van der Waals surface area contributed by atoms with E-state index in [0.29, 0.717) is 19.4 Å². The molecule has 0 radical (unpaired) electrons. The second-order valence-electron chi connectivity index (χ2n) is 4.16. The summed E-state index contributed by atoms with van der Waals surface area (Å²) in [7, 11) is 1.71. The third kappa shape index (κ3) is 2.93. The summed E-state index contributed by atoms with van der Waals surface area (Å²) < 4.78 is 0. The van der Waals surface area contributed by atoms with E-state index in [-0.39, 0.29) is 6.04 Å². The number of carboxylic acid groups (broad SMARTS) is 1. The molecule has 1 amide bonds. The van der Waals surface area contributed by atoms with Crippen LogP contribution in [0.2, 0.25) is 0 Å². The first-order valence-electron chi connectivity index (χ1n) is 5.37. The van der Waals surface area contributed by atoms with Crippen molar-refractivity contribution >= 4 is 11.9 Å². The highest BCUT2D eigenvalue weighted by atomic mass is 16.4. The predicted molar refractivity (Wildman–Crippen MR) is 56.9 cm³/mol. The first-order valence-corrected chi connectivity index (χ1v) is 5.37. The molecule has 0 aromatic heterocycles. The lowest BCUT2D eigenvalue weighted by molar-refractivity contribution is -0.141. The molecular formula is C10H18N2O4. The zero-order valence-corrected chi connectivity index (χ0v) is 9.51. The number of hydrogen-bond donors (Lipinski definition) is 3. The molecule has 3 N–H and O–H groups in total. The van der Waals surface area contributed by atoms with Crippen LogP contribution in [0.15, 0.2) is 0 Å². The molecule has 1 saturated heterocycles. The highest BCUT2D eigenvalue weighted by Crippen LogP contribution is 2.16. The van der Waals surface area contributed by atoms with Crippen LogP contribution in [0.3, 0.4) is 0 Å². The van der Waals surface area contributed by atoms with Crippen LogP contribution in [-0.2, 0) is 9.59 Å². The summed E-state index contributed by atoms with van der Waals surface area (Å²) in [5.41, 5.74) is 0. The number of likely N-dealkylation sites (N-methyl/N-ethyl adjacent to an activating group) is 1. The Kier molecular flexibility index (Phi) is 4.26. The molecular weight excluding hydrogens is 212 g/mol. The van der Waals surface area contributed by atoms with E-state index in [0.717, 1.165) is 0 Å². The minimum absolute atomic E-state index is 0.195. The van der Waals surface area contributed by atoms with E-state index in [1.807, 2.05) is 0 Å². The molecule has 1 heterocycles. The molecule has 0 saturated carbocycles. The molecule has 0 aromatic carbocycles. The van der Waals surface area contributed by atoms with Gasteiger partial charge in [0.1, 0.15) is 12.1 Å². The predicted octanol–water partition coefficient (Wildman–Crippen LogP) is -0.969. The maximum Gasteiger partial charge on any atom is 0.320 e. The number of aliphatic hydroxyl groups is 1. The zero-order chi connectivity index (χ0) is 12.3. The van der Waals surface area contributed by atoms with Gasteiger partial charge < -0.3 is 15.5 Å². The summed E-state index contributed by atoms with van der Waals surface area (Å²) in [5.74, 6) is -1.30. The number of carbonyl (C=O) groups excluding carboxylic acids is 1. The average molecular weight is 230 g/mol. The summed E-state index contributed by atoms with van der Waals surface area (Å²) in [6.07, 6.45) is -0.265. The molecule has 1 fully saturated rings. The minimum Gasteiger partial charge on any atom is -0.480 e. The van der Waals surface area contributed by atoms with Crippen LogP contribution in [-0.4, -0.2) is 58.8 Å². The van der Waals surface area contributed by atoms with E-state index in [9.17, 15) is 14.7 Å². The van der Waals surface area contributed by atoms with Crippen LogP contribution in [0.25, 0.3) is 0 Å². The first-order chi connectivity index (χ1) is 7.45. The number of hydrogen-bond acceptors (Lipinski definition) is 4. The Bertz CT molecular complexity index is 282. The Morgan fingerprint density at radius 1 is 1.56 bits per heavy atom. The smallest absolute Gasteiger partial charge is 0.320 e. The average Bonchev–Trinajstić information content (AvgIpc) is 2.58. The maximum atomic E-state index is 11.4. The van der Waals surface area contributed by atoms with Crippen molar-refractivity contribution in [2.45, 2.75) is 38.0 Å². The van der Waals surface area contributed by atoms with Gasteiger partial charge in [-0.15, -0.1) is 0 Å². The Morgan fingerprint density at radius 3 is 2.62 bits per heavy atom. The van der Waals surface area contributed by atoms with Crippen molar-refractivity contribution in [1.29, 1.82) is 0 Å². The lowest BCUT2D eigenvalue weighted by Crippen LogP contribution is -2.42. The highest BCUT2D eigenvalue weighted by Gasteiger charge is 2.35. The van der Waals surface area contributed by atoms with Crippen LogP contribution < -0.4 is 5.32 Å². The van der Waals surface area contributed by atoms with Crippen molar-refractivity contribution in [3.63, 3.8) is 0 Å². The molecule has 0 aromatic rings. The van der Waals surface area contributed by atoms with Gasteiger partial charge in [-0.1, -0.05) is 6.92 Å². The van der Waals surface area contributed by atoms with Crippen molar-refractivity contribution in [3.8, 4) is 0 Å². The highest BCUT2D eigenvalue weighted by molar-refractivity contribution is 5.81. The van der Waals surface area contributed by atoms with Crippen LogP contribution in [0.4, 0.5) is 0 Å². The van der Waals surface area contributed by atoms with Gasteiger partial charge in [-0.05, 0) is 19.9 Å². The molecule has 3 unspecified atom stereocenters. The van der Waals surface area contributed by atoms with E-state index in [1.54, 1.807) is 18.9 Å². The topological polar surface area (TPSA) is 89.9 Å². The van der Waals surface area contributed by atoms with Gasteiger partial charge in [-0.2, -0.15) is 0 Å². The number of carboxylic acids is 1. The SMILES string of the molecule is CCC(O)C(=O)NC1CC(C(=O)O)N(C)C1. The molecule has 1 aliphatic heterocycles. The maximum absolute atomic E-state index is 11.4. The lowest BCUT2D eigenvalue weighted by atomic mass is 10.1. The molecule has 1 rings (SSSR count). The van der Waals surface area contributed by atoms with E-state index in [4.69, 9.17) is 5.11 Å². The number of amides is 1. The number of likely N-dealkylation sites (tertiary alicyclic amines) is 1. The Balaban J connectivity index is 2.47. The van der Waals surface area contributed by atoms with E-state index < -0.39 is 24.0 Å². The Hall–Kier alpha value is -1.14. The number of carbonyl (C=O) groups is 2. The van der Waals surface area contributed by atoms with Gasteiger partial charge in [0.05, 0.1) is 0 Å². The van der Waals surface area contributed by atoms with Gasteiger partial charge in [0.15, 0.2) is 0 Å². The second-order valence-corrected chi connectivity index (χ2v) is 4.16. The van der Waals surface area contributed by atoms with Gasteiger partial charge in [0.25, 0.3) is 0 Å². The largest absolute Gasteiger partial charge is 0.480 e. The summed E-state index contributed by atoms with van der Waals surface area (Å²) in [6.45, 7) is 2.21. The molecule has 0 bridgehead atoms. The number of rotatable bonds is 4. The molecule has 92 valence electrons. The summed E-state index contributed by atoms with van der Waals surface area (Å²) in [5, 5.41) is 20.8. The molecule has 6 heteroatoms. The number of aliphatic carboxylic acids is 1. The number of nitrogens with zero attached hydrogens (tertiary/aromatic N) is 1. The fraction of sp³-hybridized carbons (Fsp3) is 0.800. The van der Waals surface area contributed by atoms with Crippen LogP contribution in [0, 0.1) is 0 Å². The van der Waals surface area contributed by atoms with Crippen LogP contribution in [0.1, 0.15) is 19.8 Å². The van der Waals surface area contributed by atoms with Crippen molar-refractivity contribution in [3.05, 3.63) is 0 Å². The van der Waals surface area contributed by atoms with Gasteiger partial charge in [0, 0.05) is 12.6 Å². The van der Waals surface area contributed by atoms with Crippen LogP contribution in [0.5, 0.6) is 0 Å². The summed E-state index contributed by atoms with van der Waals surface area (Å²) in [4.78, 5) is 23.9. The van der Waals surface area contributed by atoms with Crippen LogP contribution >= 0.6 is 0 Å². The normalized spacial score (nSPS) is 27.7. The molecule has 16 heavy (non-hydrogen) atoms. The zero-order valence-electron chi connectivity index (χ0n) is 9.51. The fourth-order valence-corrected chi connectivity index (χ4v) is 1.88. The van der Waals surface area contributed by atoms with E-state index in [1.165, 1.54) is 0 Å². The summed E-state index contributed by atoms with van der Waals surface area (Å²) >= 11 is 0. The van der Waals surface area contributed by atoms with Crippen molar-refractivity contribution in [2.75, 3.05) is 13.6 Å². The summed E-state index contributed by atoms with van der Waals surface area (Å²) in [6, 6.07) is -0.746. The second kappa shape index (κ2) is 5.27. The van der Waals surface area contributed by atoms with Crippen molar-refractivity contribution in [1.82, 2.24) is 10.2 Å². The van der Waals surface area contributed by atoms with Gasteiger partial charge in [0.2, 0.25) is 5.91 Å². The van der Waals surface area contributed by atoms with Crippen molar-refractivity contribution in [2.24, 2.45) is 0 Å². The third-order valence-corrected chi connectivity index (χ3v) is 2.87. The Labute approximate surface area is 94.2 Å². The fourth-order valence-electron chi connectivity index (χ4n) is 1.88. The molecule has 6 nitrogen and oxygen atoms in total. The number of nitrogens with one attached hydrogen (secondary N) is 1. The van der Waals surface area contributed by atoms with Crippen molar-refractivity contribution < 1.29 is 19.8 Å². The third-order valence-electron chi connectivity index (χ3n) is 2.87. The van der Waals surface area contributed by atoms with E-state index in [2.05, 4.69) is 5.32 Å². The Morgan fingerprint density at radius 2 is 2.19 bits per heavy atom. The van der Waals surface area contributed by atoms with E-state index >= 15 is 0 Å². The first kappa shape index (κ1) is 12.9. The molecule has 1 aliphatic rings. The van der Waals surface area contributed by atoms with Gasteiger partial charge in [-0.25, -0.2) is 0 Å². The number of aliphatic hydroxyl groups excluding tert-OH is 1. The minimum atomic E-state index is -1.01. The molecule has 3 atom stereocenters. The van der Waals surface area contributed by atoms with Gasteiger partial charge in [-0.3, -0.25) is 14.5 Å². The monoisotopic (exact) mass is 230 g/mol. The van der Waals surface area contributed by atoms with Gasteiger partial charge >= 0.3 is 5.97 Å². The standard InChI is InChI=1S/C10H18N2O4/c1-3-8(13)9(14)11-6-4-7(10(15)16)12(2)5-6/h6-8,13H,3-5H2,1-2H3,(H,11,14)(H,15,16). The molecule has 0 aliphatic carbocycles.